The van der Waals surface area contributed by atoms with Crippen LogP contribution in [0.5, 0.6) is 0 Å². The van der Waals surface area contributed by atoms with Crippen molar-refractivity contribution < 1.29 is 0 Å². The van der Waals surface area contributed by atoms with Crippen molar-refractivity contribution in [2.24, 2.45) is 0 Å². The van der Waals surface area contributed by atoms with Gasteiger partial charge in [0, 0.05) is 6.54 Å². The summed E-state index contributed by atoms with van der Waals surface area (Å²) < 4.78 is 0. The second-order valence-corrected chi connectivity index (χ2v) is 4.29. The Hall–Kier alpha value is -2.23. The molecule has 0 aliphatic carbocycles. The Bertz CT molecular complexity index is 493. The first-order valence-corrected chi connectivity index (χ1v) is 6.46. The van der Waals surface area contributed by atoms with E-state index in [1.165, 1.54) is 23.8 Å². The fraction of sp³-hybridized carbons (Fsp3) is 0.267. The van der Waals surface area contributed by atoms with Gasteiger partial charge in [0.25, 0.3) is 0 Å². The third-order valence-corrected chi connectivity index (χ3v) is 2.88. The van der Waals surface area contributed by atoms with E-state index in [-0.39, 0.29) is 0 Å². The second kappa shape index (κ2) is 7.26. The predicted molar refractivity (Wildman–Crippen MR) is 77.8 cm³/mol. The van der Waals surface area contributed by atoms with Gasteiger partial charge in [0.1, 0.15) is 12.7 Å². The third-order valence-electron chi connectivity index (χ3n) is 2.88. The molecular weight excluding hydrogens is 236 g/mol. The first kappa shape index (κ1) is 13.2. The van der Waals surface area contributed by atoms with Crippen molar-refractivity contribution in [1.82, 2.24) is 15.0 Å². The Kier molecular flexibility index (Phi) is 5.05. The largest absolute Gasteiger partial charge is 0.354 e. The highest BCUT2D eigenvalue weighted by atomic mass is 15.1. The van der Waals surface area contributed by atoms with E-state index in [9.17, 15) is 0 Å². The zero-order valence-electron chi connectivity index (χ0n) is 10.9. The molecule has 1 heterocycles. The van der Waals surface area contributed by atoms with Crippen LogP contribution in [0.15, 0.2) is 43.5 Å². The molecule has 2 aromatic rings. The fourth-order valence-electron chi connectivity index (χ4n) is 1.81. The van der Waals surface area contributed by atoms with Gasteiger partial charge in [0.2, 0.25) is 5.95 Å². The molecular formula is C15H18N4. The van der Waals surface area contributed by atoms with Gasteiger partial charge in [-0.2, -0.15) is 0 Å². The summed E-state index contributed by atoms with van der Waals surface area (Å²) in [5.41, 5.74) is 2.53. The molecule has 19 heavy (non-hydrogen) atoms. The van der Waals surface area contributed by atoms with E-state index in [1.807, 2.05) is 6.08 Å². The number of aryl methyl sites for hydroxylation is 1. The summed E-state index contributed by atoms with van der Waals surface area (Å²) in [6.07, 6.45) is 8.19. The Morgan fingerprint density at radius 2 is 1.79 bits per heavy atom. The van der Waals surface area contributed by atoms with Crippen LogP contribution in [-0.2, 0) is 6.42 Å². The minimum atomic E-state index is 0.644. The molecule has 0 spiro atoms. The first-order chi connectivity index (χ1) is 9.38. The third kappa shape index (κ3) is 4.50. The van der Waals surface area contributed by atoms with Crippen molar-refractivity contribution in [2.45, 2.75) is 19.3 Å². The molecule has 0 amide bonds. The highest BCUT2D eigenvalue weighted by Crippen LogP contribution is 2.08. The zero-order chi connectivity index (χ0) is 13.3. The number of nitrogens with one attached hydrogen (secondary N) is 1. The van der Waals surface area contributed by atoms with Crippen LogP contribution in [0.2, 0.25) is 0 Å². The van der Waals surface area contributed by atoms with Gasteiger partial charge in [0.15, 0.2) is 0 Å². The van der Waals surface area contributed by atoms with Crippen LogP contribution in [0.4, 0.5) is 5.95 Å². The molecule has 0 radical (unpaired) electrons. The lowest BCUT2D eigenvalue weighted by molar-refractivity contribution is 0.758. The monoisotopic (exact) mass is 254 g/mol. The average molecular weight is 254 g/mol. The molecule has 1 aromatic carbocycles. The van der Waals surface area contributed by atoms with Gasteiger partial charge in [-0.1, -0.05) is 36.9 Å². The molecule has 4 heteroatoms. The van der Waals surface area contributed by atoms with Gasteiger partial charge < -0.3 is 5.32 Å². The summed E-state index contributed by atoms with van der Waals surface area (Å²) in [6, 6.07) is 8.53. The fourth-order valence-corrected chi connectivity index (χ4v) is 1.81. The maximum absolute atomic E-state index is 4.01. The summed E-state index contributed by atoms with van der Waals surface area (Å²) in [5.74, 6) is 0.644. The lowest BCUT2D eigenvalue weighted by Gasteiger charge is -2.04. The highest BCUT2D eigenvalue weighted by Gasteiger charge is 1.95. The van der Waals surface area contributed by atoms with E-state index in [4.69, 9.17) is 0 Å². The summed E-state index contributed by atoms with van der Waals surface area (Å²) in [5, 5.41) is 3.17. The van der Waals surface area contributed by atoms with E-state index in [2.05, 4.69) is 51.1 Å². The summed E-state index contributed by atoms with van der Waals surface area (Å²) in [7, 11) is 0. The number of unbranched alkanes of at least 4 members (excludes halogenated alkanes) is 1. The van der Waals surface area contributed by atoms with Gasteiger partial charge in [-0.15, -0.1) is 0 Å². The minimum Gasteiger partial charge on any atom is -0.354 e. The van der Waals surface area contributed by atoms with Crippen molar-refractivity contribution in [3.8, 4) is 0 Å². The van der Waals surface area contributed by atoms with E-state index in [0.29, 0.717) is 5.95 Å². The molecule has 0 bridgehead atoms. The first-order valence-electron chi connectivity index (χ1n) is 6.46. The number of anilines is 1. The SMILES string of the molecule is C=Cc1ccc(CCCCNc2ncncn2)cc1. The van der Waals surface area contributed by atoms with E-state index in [0.717, 1.165) is 25.8 Å². The summed E-state index contributed by atoms with van der Waals surface area (Å²) in [4.78, 5) is 11.8. The maximum Gasteiger partial charge on any atom is 0.225 e. The van der Waals surface area contributed by atoms with Crippen molar-refractivity contribution in [2.75, 3.05) is 11.9 Å². The lowest BCUT2D eigenvalue weighted by atomic mass is 10.1. The number of aromatic nitrogens is 3. The van der Waals surface area contributed by atoms with Gasteiger partial charge in [0.05, 0.1) is 0 Å². The molecule has 98 valence electrons. The summed E-state index contributed by atoms with van der Waals surface area (Å²) in [6.45, 7) is 4.64. The topological polar surface area (TPSA) is 50.7 Å². The molecule has 0 aliphatic rings. The number of hydrogen-bond acceptors (Lipinski definition) is 4. The van der Waals surface area contributed by atoms with Crippen LogP contribution >= 0.6 is 0 Å². The molecule has 0 unspecified atom stereocenters. The number of hydrogen-bond donors (Lipinski definition) is 1. The Labute approximate surface area is 113 Å². The van der Waals surface area contributed by atoms with E-state index in [1.54, 1.807) is 0 Å². The predicted octanol–water partition coefficient (Wildman–Crippen LogP) is 2.95. The van der Waals surface area contributed by atoms with Gasteiger partial charge >= 0.3 is 0 Å². The Balaban J connectivity index is 1.65. The van der Waals surface area contributed by atoms with Crippen LogP contribution in [0, 0.1) is 0 Å². The molecule has 1 aromatic heterocycles. The summed E-state index contributed by atoms with van der Waals surface area (Å²) >= 11 is 0. The van der Waals surface area contributed by atoms with Crippen molar-refractivity contribution in [1.29, 1.82) is 0 Å². The van der Waals surface area contributed by atoms with Gasteiger partial charge in [-0.05, 0) is 30.4 Å². The van der Waals surface area contributed by atoms with Crippen molar-refractivity contribution >= 4 is 12.0 Å². The van der Waals surface area contributed by atoms with Crippen molar-refractivity contribution in [3.63, 3.8) is 0 Å². The van der Waals surface area contributed by atoms with Gasteiger partial charge in [-0.25, -0.2) is 15.0 Å². The number of rotatable bonds is 7. The highest BCUT2D eigenvalue weighted by molar-refractivity contribution is 5.47. The standard InChI is InChI=1S/C15H18N4/c1-2-13-6-8-14(9-7-13)5-3-4-10-17-15-18-11-16-12-19-15/h2,6-9,11-12H,1,3-5,10H2,(H,16,17,18,19). The average Bonchev–Trinajstić information content (AvgIpc) is 2.49. The van der Waals surface area contributed by atoms with E-state index < -0.39 is 0 Å². The van der Waals surface area contributed by atoms with E-state index >= 15 is 0 Å². The molecule has 1 N–H and O–H groups in total. The minimum absolute atomic E-state index is 0.644. The van der Waals surface area contributed by atoms with Gasteiger partial charge in [-0.3, -0.25) is 0 Å². The number of benzene rings is 1. The normalized spacial score (nSPS) is 10.1. The van der Waals surface area contributed by atoms with Crippen LogP contribution in [-0.4, -0.2) is 21.5 Å². The maximum atomic E-state index is 4.01. The number of nitrogens with zero attached hydrogens (tertiary/aromatic N) is 3. The molecule has 4 nitrogen and oxygen atoms in total. The lowest BCUT2D eigenvalue weighted by Crippen LogP contribution is -2.05. The molecule has 0 atom stereocenters. The van der Waals surface area contributed by atoms with Crippen LogP contribution in [0.3, 0.4) is 0 Å². The molecule has 0 saturated heterocycles. The second-order valence-electron chi connectivity index (χ2n) is 4.29. The Morgan fingerprint density at radius 1 is 1.05 bits per heavy atom. The Morgan fingerprint density at radius 3 is 2.47 bits per heavy atom. The zero-order valence-corrected chi connectivity index (χ0v) is 10.9. The van der Waals surface area contributed by atoms with Crippen LogP contribution in [0.25, 0.3) is 6.08 Å². The molecule has 0 saturated carbocycles. The quantitative estimate of drug-likeness (QED) is 0.772. The van der Waals surface area contributed by atoms with Crippen LogP contribution < -0.4 is 5.32 Å². The smallest absolute Gasteiger partial charge is 0.225 e. The van der Waals surface area contributed by atoms with Crippen molar-refractivity contribution in [3.05, 3.63) is 54.6 Å². The van der Waals surface area contributed by atoms with Crippen LogP contribution in [0.1, 0.15) is 24.0 Å². The molecule has 0 aliphatic heterocycles. The molecule has 0 fully saturated rings. The molecule has 2 rings (SSSR count).